The number of benzene rings is 3. The number of hydrogen-bond donors (Lipinski definition) is 1. The van der Waals surface area contributed by atoms with Gasteiger partial charge in [0.25, 0.3) is 11.5 Å². The number of aryl methyl sites for hydroxylation is 1. The Kier molecular flexibility index (Phi) is 8.55. The Hall–Kier alpha value is -3.61. The van der Waals surface area contributed by atoms with Gasteiger partial charge in [0, 0.05) is 37.7 Å². The summed E-state index contributed by atoms with van der Waals surface area (Å²) in [6.45, 7) is 1.31. The highest BCUT2D eigenvalue weighted by molar-refractivity contribution is 9.10. The van der Waals surface area contributed by atoms with Crippen molar-refractivity contribution < 1.29 is 14.5 Å². The second-order valence-corrected chi connectivity index (χ2v) is 10.1. The molecule has 0 unspecified atom stereocenters. The number of aromatic nitrogens is 2. The maximum absolute atomic E-state index is 13.2. The first-order valence-electron chi connectivity index (χ1n) is 11.1. The minimum Gasteiger partial charge on any atom is -0.476 e. The summed E-state index contributed by atoms with van der Waals surface area (Å²) in [7, 11) is 0. The first-order chi connectivity index (χ1) is 18.2. The number of fused-ring (bicyclic) bond motifs is 1. The molecular weight excluding hydrogens is 646 g/mol. The Morgan fingerprint density at radius 2 is 1.92 bits per heavy atom. The fourth-order valence-corrected chi connectivity index (χ4v) is 4.47. The quantitative estimate of drug-likeness (QED) is 0.141. The Morgan fingerprint density at radius 1 is 1.18 bits per heavy atom. The number of nitro benzene ring substituents is 1. The van der Waals surface area contributed by atoms with E-state index in [0.29, 0.717) is 42.8 Å². The summed E-state index contributed by atoms with van der Waals surface area (Å²) in [5.41, 5.74) is 0.392. The van der Waals surface area contributed by atoms with Crippen LogP contribution in [0.25, 0.3) is 10.9 Å². The van der Waals surface area contributed by atoms with E-state index in [-0.39, 0.29) is 17.0 Å². The zero-order chi connectivity index (χ0) is 27.4. The maximum atomic E-state index is 13.2. The summed E-state index contributed by atoms with van der Waals surface area (Å²) in [6.07, 6.45) is 1.67. The molecule has 0 spiro atoms. The lowest BCUT2D eigenvalue weighted by Gasteiger charge is -2.11. The normalized spacial score (nSPS) is 11.2. The number of carbonyl (C=O) groups excluding carboxylic acids is 1. The van der Waals surface area contributed by atoms with Crippen molar-refractivity contribution in [3.05, 3.63) is 100 Å². The van der Waals surface area contributed by atoms with Gasteiger partial charge in [-0.15, -0.1) is 0 Å². The molecule has 0 fully saturated rings. The fourth-order valence-electron chi connectivity index (χ4n) is 3.52. The van der Waals surface area contributed by atoms with Gasteiger partial charge in [0.05, 0.1) is 22.0 Å². The van der Waals surface area contributed by atoms with Gasteiger partial charge < -0.3 is 10.1 Å². The Balaban J connectivity index is 1.70. The van der Waals surface area contributed by atoms with Crippen LogP contribution in [0, 0.1) is 10.1 Å². The molecule has 194 valence electrons. The van der Waals surface area contributed by atoms with Gasteiger partial charge in [-0.05, 0) is 48.5 Å². The number of ether oxygens (including phenoxy) is 1. The lowest BCUT2D eigenvalue weighted by Crippen LogP contribution is -2.22. The second kappa shape index (κ2) is 11.8. The third kappa shape index (κ3) is 6.26. The molecule has 4 aromatic rings. The number of halogens is 3. The molecule has 1 heterocycles. The smallest absolute Gasteiger partial charge is 0.312 e. The second-order valence-electron chi connectivity index (χ2n) is 7.85. The summed E-state index contributed by atoms with van der Waals surface area (Å²) in [6, 6.07) is 14.4. The average Bonchev–Trinajstić information content (AvgIpc) is 2.88. The first-order valence-corrected chi connectivity index (χ1v) is 13.0. The van der Waals surface area contributed by atoms with Crippen molar-refractivity contribution in [1.82, 2.24) is 9.66 Å². The van der Waals surface area contributed by atoms with Crippen LogP contribution in [0.5, 0.6) is 5.75 Å². The van der Waals surface area contributed by atoms with Crippen LogP contribution in [-0.4, -0.2) is 33.3 Å². The number of nitrogens with zero attached hydrogens (tertiary/aromatic N) is 4. The van der Waals surface area contributed by atoms with Gasteiger partial charge in [-0.3, -0.25) is 19.7 Å². The lowest BCUT2D eigenvalue weighted by molar-refractivity contribution is -0.385. The number of amides is 1. The summed E-state index contributed by atoms with van der Waals surface area (Å²) < 4.78 is 7.83. The van der Waals surface area contributed by atoms with E-state index in [1.807, 2.05) is 6.92 Å². The van der Waals surface area contributed by atoms with E-state index in [1.165, 1.54) is 18.3 Å². The highest BCUT2D eigenvalue weighted by Gasteiger charge is 2.22. The van der Waals surface area contributed by atoms with Gasteiger partial charge in [-0.1, -0.05) is 50.4 Å². The number of hydrogen-bond acceptors (Lipinski definition) is 7. The van der Waals surface area contributed by atoms with E-state index >= 15 is 0 Å². The fraction of sp³-hybridized carbons (Fsp3) is 0.120. The van der Waals surface area contributed by atoms with Crippen molar-refractivity contribution in [3.63, 3.8) is 0 Å². The topological polar surface area (TPSA) is 129 Å². The number of carbonyl (C=O) groups is 1. The number of rotatable bonds is 8. The highest BCUT2D eigenvalue weighted by atomic mass is 79.9. The molecule has 0 saturated carbocycles. The first kappa shape index (κ1) is 27.4. The minimum atomic E-state index is -0.632. The molecule has 13 heteroatoms. The number of nitro groups is 1. The SMILES string of the molecule is CCc1nc2ccc(Br)cc2c(=O)n1N=Cc1cc(Br)cc([N+](=O)[O-])c1OCC(=O)Nc1ccc(Cl)cc1. The van der Waals surface area contributed by atoms with Gasteiger partial charge >= 0.3 is 5.69 Å². The van der Waals surface area contributed by atoms with Crippen molar-refractivity contribution >= 4 is 77.9 Å². The molecule has 0 aliphatic carbocycles. The Morgan fingerprint density at radius 3 is 2.61 bits per heavy atom. The average molecular weight is 664 g/mol. The largest absolute Gasteiger partial charge is 0.476 e. The van der Waals surface area contributed by atoms with Crippen LogP contribution in [-0.2, 0) is 11.2 Å². The lowest BCUT2D eigenvalue weighted by atomic mass is 10.2. The predicted octanol–water partition coefficient (Wildman–Crippen LogP) is 5.95. The highest BCUT2D eigenvalue weighted by Crippen LogP contribution is 2.34. The van der Waals surface area contributed by atoms with Crippen molar-refractivity contribution in [2.24, 2.45) is 5.10 Å². The maximum Gasteiger partial charge on any atom is 0.312 e. The van der Waals surface area contributed by atoms with Gasteiger partial charge in [-0.25, -0.2) is 4.98 Å². The van der Waals surface area contributed by atoms with Gasteiger partial charge in [0.2, 0.25) is 5.75 Å². The van der Waals surface area contributed by atoms with E-state index in [9.17, 15) is 19.7 Å². The van der Waals surface area contributed by atoms with E-state index in [4.69, 9.17) is 16.3 Å². The molecule has 1 amide bonds. The van der Waals surface area contributed by atoms with Crippen LogP contribution in [0.4, 0.5) is 11.4 Å². The molecule has 1 N–H and O–H groups in total. The van der Waals surface area contributed by atoms with Crippen LogP contribution in [0.15, 0.2) is 73.4 Å². The van der Waals surface area contributed by atoms with Gasteiger partial charge in [0.1, 0.15) is 5.82 Å². The van der Waals surface area contributed by atoms with Crippen molar-refractivity contribution in [2.45, 2.75) is 13.3 Å². The van der Waals surface area contributed by atoms with Crippen LogP contribution < -0.4 is 15.6 Å². The van der Waals surface area contributed by atoms with Crippen LogP contribution >= 0.6 is 43.5 Å². The van der Waals surface area contributed by atoms with E-state index < -0.39 is 23.0 Å². The van der Waals surface area contributed by atoms with Crippen molar-refractivity contribution in [2.75, 3.05) is 11.9 Å². The van der Waals surface area contributed by atoms with Crippen LogP contribution in [0.2, 0.25) is 5.02 Å². The molecule has 0 aliphatic heterocycles. The molecule has 0 saturated heterocycles. The molecule has 4 rings (SSSR count). The summed E-state index contributed by atoms with van der Waals surface area (Å²) in [5.74, 6) is -0.326. The van der Waals surface area contributed by atoms with Gasteiger partial charge in [0.15, 0.2) is 6.61 Å². The monoisotopic (exact) mass is 661 g/mol. The van der Waals surface area contributed by atoms with Crippen molar-refractivity contribution in [3.8, 4) is 5.75 Å². The third-order valence-electron chi connectivity index (χ3n) is 5.24. The molecule has 10 nitrogen and oxygen atoms in total. The molecule has 0 bridgehead atoms. The molecule has 0 aliphatic rings. The Labute approximate surface area is 237 Å². The molecule has 0 radical (unpaired) electrons. The summed E-state index contributed by atoms with van der Waals surface area (Å²) >= 11 is 12.5. The molecule has 3 aromatic carbocycles. The number of anilines is 1. The molecule has 38 heavy (non-hydrogen) atoms. The molecule has 1 aromatic heterocycles. The predicted molar refractivity (Wildman–Crippen MR) is 152 cm³/mol. The van der Waals surface area contributed by atoms with E-state index in [1.54, 1.807) is 42.5 Å². The number of nitrogens with one attached hydrogen (secondary N) is 1. The standard InChI is InChI=1S/C25H18Br2ClN5O5/c1-2-22-31-20-8-3-15(26)10-19(20)25(35)32(22)29-12-14-9-16(27)11-21(33(36)37)24(14)38-13-23(34)30-18-6-4-17(28)5-7-18/h3-12H,2,13H2,1H3,(H,30,34). The third-order valence-corrected chi connectivity index (χ3v) is 6.44. The van der Waals surface area contributed by atoms with Crippen LogP contribution in [0.3, 0.4) is 0 Å². The van der Waals surface area contributed by atoms with E-state index in [2.05, 4.69) is 47.3 Å². The minimum absolute atomic E-state index is 0.175. The zero-order valence-electron chi connectivity index (χ0n) is 19.7. The molecular formula is C25H18Br2ClN5O5. The zero-order valence-corrected chi connectivity index (χ0v) is 23.6. The van der Waals surface area contributed by atoms with E-state index in [0.717, 1.165) is 4.68 Å². The summed E-state index contributed by atoms with van der Waals surface area (Å²) in [5, 5.41) is 19.6. The van der Waals surface area contributed by atoms with Crippen molar-refractivity contribution in [1.29, 1.82) is 0 Å². The molecule has 0 atom stereocenters. The van der Waals surface area contributed by atoms with Gasteiger partial charge in [-0.2, -0.15) is 9.78 Å². The summed E-state index contributed by atoms with van der Waals surface area (Å²) in [4.78, 5) is 41.3. The van der Waals surface area contributed by atoms with Crippen LogP contribution in [0.1, 0.15) is 18.3 Å². The Bertz CT molecular complexity index is 1640.